The number of hydrogen-bond donors (Lipinski definition) is 1. The Labute approximate surface area is 163 Å². The summed E-state index contributed by atoms with van der Waals surface area (Å²) in [6.07, 6.45) is -2.99. The third kappa shape index (κ3) is 5.31. The van der Waals surface area contributed by atoms with Gasteiger partial charge in [0.1, 0.15) is 5.75 Å². The highest BCUT2D eigenvalue weighted by atomic mass is 19.4. The number of hydrogen-bond acceptors (Lipinski definition) is 4. The molecule has 1 atom stereocenters. The molecule has 5 nitrogen and oxygen atoms in total. The van der Waals surface area contributed by atoms with Gasteiger partial charge < -0.3 is 15.0 Å². The number of rotatable bonds is 6. The van der Waals surface area contributed by atoms with Gasteiger partial charge in [-0.15, -0.1) is 0 Å². The van der Waals surface area contributed by atoms with Crippen molar-refractivity contribution < 1.29 is 22.7 Å². The molecule has 0 radical (unpaired) electrons. The molecule has 3 rings (SSSR count). The number of nitrogens with zero attached hydrogens (tertiary/aromatic N) is 2. The molecular formula is C20H28F3N3O2. The van der Waals surface area contributed by atoms with Crippen LogP contribution in [0.1, 0.15) is 19.3 Å². The van der Waals surface area contributed by atoms with E-state index in [1.807, 2.05) is 29.2 Å². The van der Waals surface area contributed by atoms with Gasteiger partial charge in [0.25, 0.3) is 0 Å². The first-order valence-corrected chi connectivity index (χ1v) is 9.80. The van der Waals surface area contributed by atoms with Crippen molar-refractivity contribution in [2.75, 3.05) is 51.3 Å². The minimum absolute atomic E-state index is 0.0767. The van der Waals surface area contributed by atoms with E-state index in [4.69, 9.17) is 4.74 Å². The minimum atomic E-state index is -4.12. The van der Waals surface area contributed by atoms with E-state index in [-0.39, 0.29) is 25.3 Å². The van der Waals surface area contributed by atoms with Crippen molar-refractivity contribution in [3.8, 4) is 5.75 Å². The number of methoxy groups -OCH3 is 1. The Morgan fingerprint density at radius 1 is 1.18 bits per heavy atom. The number of ether oxygens (including phenoxy) is 1. The number of piperidine rings is 1. The molecule has 1 aromatic rings. The van der Waals surface area contributed by atoms with E-state index in [1.54, 1.807) is 7.11 Å². The molecule has 156 valence electrons. The van der Waals surface area contributed by atoms with Crippen molar-refractivity contribution in [3.05, 3.63) is 24.3 Å². The molecule has 0 spiro atoms. The summed E-state index contributed by atoms with van der Waals surface area (Å²) in [5.41, 5.74) is 1.06. The molecule has 8 heteroatoms. The predicted octanol–water partition coefficient (Wildman–Crippen LogP) is 2.91. The molecule has 0 aliphatic carbocycles. The van der Waals surface area contributed by atoms with Crippen LogP contribution >= 0.6 is 0 Å². The molecule has 2 heterocycles. The number of carbonyl (C=O) groups is 1. The van der Waals surface area contributed by atoms with Crippen molar-refractivity contribution in [1.82, 2.24) is 10.2 Å². The smallest absolute Gasteiger partial charge is 0.391 e. The summed E-state index contributed by atoms with van der Waals surface area (Å²) in [6.45, 7) is 3.16. The van der Waals surface area contributed by atoms with E-state index >= 15 is 0 Å². The molecular weight excluding hydrogens is 371 g/mol. The molecule has 1 aromatic carbocycles. The van der Waals surface area contributed by atoms with Gasteiger partial charge in [0.2, 0.25) is 5.91 Å². The van der Waals surface area contributed by atoms with E-state index in [0.29, 0.717) is 25.6 Å². The fourth-order valence-corrected chi connectivity index (χ4v) is 4.04. The molecule has 0 bridgehead atoms. The maximum Gasteiger partial charge on any atom is 0.391 e. The standard InChI is InChI=1S/C20H28F3N3O2/c1-28-18-5-3-2-4-17(18)26-11-6-15(13-26)12-24-19(27)14-25-9-7-16(8-10-25)20(21,22)23/h2-5,15-16H,6-14H2,1H3,(H,24,27)/t15-/m1/s1. The van der Waals surface area contributed by atoms with E-state index in [1.165, 1.54) is 0 Å². The number of halogens is 3. The van der Waals surface area contributed by atoms with Crippen LogP contribution in [0.25, 0.3) is 0 Å². The van der Waals surface area contributed by atoms with Crippen LogP contribution in [0.3, 0.4) is 0 Å². The Morgan fingerprint density at radius 2 is 1.89 bits per heavy atom. The highest BCUT2D eigenvalue weighted by Gasteiger charge is 2.41. The van der Waals surface area contributed by atoms with Gasteiger partial charge >= 0.3 is 6.18 Å². The monoisotopic (exact) mass is 399 g/mol. The predicted molar refractivity (Wildman–Crippen MR) is 102 cm³/mol. The van der Waals surface area contributed by atoms with Crippen LogP contribution in [-0.4, -0.2) is 63.4 Å². The summed E-state index contributed by atoms with van der Waals surface area (Å²) < 4.78 is 43.6. The minimum Gasteiger partial charge on any atom is -0.495 e. The first-order valence-electron chi connectivity index (χ1n) is 9.80. The van der Waals surface area contributed by atoms with Crippen LogP contribution in [0.2, 0.25) is 0 Å². The summed E-state index contributed by atoms with van der Waals surface area (Å²) in [7, 11) is 1.66. The third-order valence-electron chi connectivity index (χ3n) is 5.72. The van der Waals surface area contributed by atoms with Crippen LogP contribution in [0.5, 0.6) is 5.75 Å². The first kappa shape index (κ1) is 20.8. The molecule has 1 N–H and O–H groups in total. The number of carbonyl (C=O) groups excluding carboxylic acids is 1. The number of anilines is 1. The second-order valence-electron chi connectivity index (χ2n) is 7.67. The van der Waals surface area contributed by atoms with E-state index < -0.39 is 12.1 Å². The van der Waals surface area contributed by atoms with Crippen molar-refractivity contribution in [3.63, 3.8) is 0 Å². The first-order chi connectivity index (χ1) is 13.4. The Bertz CT molecular complexity index is 660. The fourth-order valence-electron chi connectivity index (χ4n) is 4.04. The van der Waals surface area contributed by atoms with Gasteiger partial charge in [0.05, 0.1) is 25.3 Å². The largest absolute Gasteiger partial charge is 0.495 e. The lowest BCUT2D eigenvalue weighted by Crippen LogP contribution is -2.44. The van der Waals surface area contributed by atoms with Crippen LogP contribution in [0.4, 0.5) is 18.9 Å². The van der Waals surface area contributed by atoms with Crippen molar-refractivity contribution >= 4 is 11.6 Å². The quantitative estimate of drug-likeness (QED) is 0.799. The summed E-state index contributed by atoms with van der Waals surface area (Å²) in [5, 5.41) is 2.95. The molecule has 2 fully saturated rings. The Balaban J connectivity index is 1.39. The number of amides is 1. The third-order valence-corrected chi connectivity index (χ3v) is 5.72. The Morgan fingerprint density at radius 3 is 2.57 bits per heavy atom. The molecule has 2 aliphatic rings. The lowest BCUT2D eigenvalue weighted by atomic mass is 9.96. The zero-order valence-corrected chi connectivity index (χ0v) is 16.2. The van der Waals surface area contributed by atoms with Crippen molar-refractivity contribution in [2.24, 2.45) is 11.8 Å². The SMILES string of the molecule is COc1ccccc1N1CC[C@H](CNC(=O)CN2CCC(C(F)(F)F)CC2)C1. The number of nitrogens with one attached hydrogen (secondary N) is 1. The van der Waals surface area contributed by atoms with Gasteiger partial charge in [-0.2, -0.15) is 13.2 Å². The summed E-state index contributed by atoms with van der Waals surface area (Å²) in [5.74, 6) is -0.147. The lowest BCUT2D eigenvalue weighted by molar-refractivity contribution is -0.185. The van der Waals surface area contributed by atoms with Gasteiger partial charge in [0.15, 0.2) is 0 Å². The number of likely N-dealkylation sites (tertiary alicyclic amines) is 1. The van der Waals surface area contributed by atoms with Gasteiger partial charge in [0, 0.05) is 19.6 Å². The Kier molecular flexibility index (Phi) is 6.69. The number of para-hydroxylation sites is 2. The average Bonchev–Trinajstić information content (AvgIpc) is 3.15. The van der Waals surface area contributed by atoms with E-state index in [9.17, 15) is 18.0 Å². The van der Waals surface area contributed by atoms with Gasteiger partial charge in [-0.25, -0.2) is 0 Å². The second kappa shape index (κ2) is 9.03. The van der Waals surface area contributed by atoms with Gasteiger partial charge in [-0.05, 0) is 50.4 Å². The van der Waals surface area contributed by atoms with Crippen LogP contribution in [0.15, 0.2) is 24.3 Å². The van der Waals surface area contributed by atoms with Gasteiger partial charge in [-0.1, -0.05) is 12.1 Å². The lowest BCUT2D eigenvalue weighted by Gasteiger charge is -2.32. The maximum atomic E-state index is 12.7. The fraction of sp³-hybridized carbons (Fsp3) is 0.650. The van der Waals surface area contributed by atoms with E-state index in [2.05, 4.69) is 10.2 Å². The molecule has 1 amide bonds. The van der Waals surface area contributed by atoms with E-state index in [0.717, 1.165) is 30.9 Å². The topological polar surface area (TPSA) is 44.8 Å². The zero-order chi connectivity index (χ0) is 20.1. The Hall–Kier alpha value is -1.96. The molecule has 2 aliphatic heterocycles. The number of benzene rings is 1. The molecule has 2 saturated heterocycles. The van der Waals surface area contributed by atoms with Gasteiger partial charge in [-0.3, -0.25) is 9.69 Å². The molecule has 0 aromatic heterocycles. The highest BCUT2D eigenvalue weighted by molar-refractivity contribution is 5.78. The normalized spacial score (nSPS) is 21.7. The summed E-state index contributed by atoms with van der Waals surface area (Å²) in [6, 6.07) is 7.89. The zero-order valence-electron chi connectivity index (χ0n) is 16.2. The maximum absolute atomic E-state index is 12.7. The second-order valence-corrected chi connectivity index (χ2v) is 7.67. The molecule has 0 saturated carbocycles. The van der Waals surface area contributed by atoms with Crippen molar-refractivity contribution in [2.45, 2.75) is 25.4 Å². The van der Waals surface area contributed by atoms with Crippen LogP contribution < -0.4 is 15.0 Å². The average molecular weight is 399 g/mol. The van der Waals surface area contributed by atoms with Crippen LogP contribution in [-0.2, 0) is 4.79 Å². The summed E-state index contributed by atoms with van der Waals surface area (Å²) in [4.78, 5) is 16.3. The number of alkyl halides is 3. The summed E-state index contributed by atoms with van der Waals surface area (Å²) >= 11 is 0. The highest BCUT2D eigenvalue weighted by Crippen LogP contribution is 2.34. The van der Waals surface area contributed by atoms with Crippen LogP contribution in [0, 0.1) is 11.8 Å². The van der Waals surface area contributed by atoms with Crippen molar-refractivity contribution in [1.29, 1.82) is 0 Å². The molecule has 0 unspecified atom stereocenters. The molecule has 28 heavy (non-hydrogen) atoms.